The van der Waals surface area contributed by atoms with E-state index in [9.17, 15) is 45.5 Å². The van der Waals surface area contributed by atoms with Gasteiger partial charge in [0.1, 0.15) is 0 Å². The summed E-state index contributed by atoms with van der Waals surface area (Å²) in [5.74, 6) is -3.17. The maximum atomic E-state index is 12.8. The summed E-state index contributed by atoms with van der Waals surface area (Å²) in [5, 5.41) is 24.9. The largest absolute Gasteiger partial charge is 0.481 e. The SMILES string of the molecule is Cc1cc(C(=O)NCCC(=O)O)cc(C(F)(F)F)c1.Cc1cc(C(=O)NCCCNc2ccc(Cl)cc2)cc(C(F)(F)F)c1.NCCC(=O)O. The third kappa shape index (κ3) is 17.5. The Morgan fingerprint density at radius 2 is 1.12 bits per heavy atom. The number of hydrogen-bond donors (Lipinski definition) is 6. The van der Waals surface area contributed by atoms with Gasteiger partial charge >= 0.3 is 24.3 Å². The Hall–Kier alpha value is -4.83. The van der Waals surface area contributed by atoms with Crippen LogP contribution in [-0.2, 0) is 21.9 Å². The summed E-state index contributed by atoms with van der Waals surface area (Å²) >= 11 is 5.79. The molecular formula is C33H37ClF6N4O6. The van der Waals surface area contributed by atoms with E-state index in [4.69, 9.17) is 27.5 Å². The Morgan fingerprint density at radius 1 is 0.680 bits per heavy atom. The molecule has 0 aliphatic heterocycles. The van der Waals surface area contributed by atoms with Crippen molar-refractivity contribution in [1.29, 1.82) is 0 Å². The smallest absolute Gasteiger partial charge is 0.416 e. The molecule has 17 heteroatoms. The third-order valence-corrected chi connectivity index (χ3v) is 6.38. The number of benzene rings is 3. The lowest BCUT2D eigenvalue weighted by atomic mass is 10.1. The summed E-state index contributed by atoms with van der Waals surface area (Å²) < 4.78 is 76.1. The van der Waals surface area contributed by atoms with Gasteiger partial charge in [0.25, 0.3) is 11.8 Å². The Balaban J connectivity index is 0.000000442. The predicted octanol–water partition coefficient (Wildman–Crippen LogP) is 6.54. The summed E-state index contributed by atoms with van der Waals surface area (Å²) in [6, 6.07) is 13.5. The average Bonchev–Trinajstić information content (AvgIpc) is 3.00. The summed E-state index contributed by atoms with van der Waals surface area (Å²) in [7, 11) is 0. The second kappa shape index (κ2) is 20.6. The van der Waals surface area contributed by atoms with Crippen molar-refractivity contribution in [3.63, 3.8) is 0 Å². The third-order valence-electron chi connectivity index (χ3n) is 6.13. The van der Waals surface area contributed by atoms with Gasteiger partial charge in [-0.25, -0.2) is 0 Å². The number of anilines is 1. The fraction of sp³-hybridized carbons (Fsp3) is 0.333. The number of carbonyl (C=O) groups excluding carboxylic acids is 2. The van der Waals surface area contributed by atoms with Crippen LogP contribution in [0.1, 0.15) is 62.2 Å². The van der Waals surface area contributed by atoms with Crippen molar-refractivity contribution in [2.24, 2.45) is 5.73 Å². The lowest BCUT2D eigenvalue weighted by Gasteiger charge is -2.11. The zero-order chi connectivity index (χ0) is 38.1. The number of amides is 2. The van der Waals surface area contributed by atoms with Crippen molar-refractivity contribution in [3.05, 3.63) is 99.1 Å². The molecule has 0 atom stereocenters. The van der Waals surface area contributed by atoms with Crippen LogP contribution in [0.5, 0.6) is 0 Å². The molecule has 0 aliphatic carbocycles. The first-order chi connectivity index (χ1) is 23.2. The fourth-order valence-corrected chi connectivity index (χ4v) is 3.98. The first kappa shape index (κ1) is 43.2. The molecule has 50 heavy (non-hydrogen) atoms. The van der Waals surface area contributed by atoms with Gasteiger partial charge in [-0.15, -0.1) is 0 Å². The molecule has 3 rings (SSSR count). The van der Waals surface area contributed by atoms with E-state index in [-0.39, 0.29) is 37.1 Å². The van der Waals surface area contributed by atoms with Crippen LogP contribution in [0.4, 0.5) is 32.0 Å². The number of rotatable bonds is 12. The normalized spacial score (nSPS) is 10.8. The zero-order valence-electron chi connectivity index (χ0n) is 27.0. The van der Waals surface area contributed by atoms with E-state index in [1.54, 1.807) is 12.1 Å². The van der Waals surface area contributed by atoms with E-state index in [2.05, 4.69) is 16.0 Å². The van der Waals surface area contributed by atoms with Crippen molar-refractivity contribution in [2.45, 2.75) is 45.5 Å². The van der Waals surface area contributed by atoms with Crippen LogP contribution in [0, 0.1) is 13.8 Å². The number of aryl methyl sites for hydroxylation is 2. The van der Waals surface area contributed by atoms with Crippen molar-refractivity contribution in [3.8, 4) is 0 Å². The highest BCUT2D eigenvalue weighted by molar-refractivity contribution is 6.30. The number of carbonyl (C=O) groups is 4. The first-order valence-corrected chi connectivity index (χ1v) is 15.2. The highest BCUT2D eigenvalue weighted by Crippen LogP contribution is 2.31. The first-order valence-electron chi connectivity index (χ1n) is 14.8. The topological polar surface area (TPSA) is 171 Å². The lowest BCUT2D eigenvalue weighted by molar-refractivity contribution is -0.138. The number of alkyl halides is 6. The summed E-state index contributed by atoms with van der Waals surface area (Å²) in [6.07, 6.45) is -8.58. The molecule has 0 radical (unpaired) electrons. The molecule has 2 amide bonds. The Bertz CT molecular complexity index is 1580. The second-order valence-corrected chi connectivity index (χ2v) is 11.0. The van der Waals surface area contributed by atoms with Gasteiger partial charge < -0.3 is 31.9 Å². The number of aliphatic carboxylic acids is 2. The molecule has 0 spiro atoms. The van der Waals surface area contributed by atoms with Gasteiger partial charge in [-0.05, 0) is 92.1 Å². The standard InChI is InChI=1S/C18H18ClF3N2O.C12H12F3NO3.C3H7NO2/c1-12-9-13(11-14(10-12)18(20,21)22)17(25)24-8-2-7-23-16-5-3-15(19)4-6-16;1-7-4-8(6-9(5-7)12(13,14)15)11(19)16-3-2-10(17)18;4-2-1-3(5)6/h3-6,9-11,23H,2,7-8H2,1H3,(H,24,25);4-6H,2-3H2,1H3,(H,16,19)(H,17,18);1-2,4H2,(H,5,6). The van der Waals surface area contributed by atoms with Crippen LogP contribution in [0.2, 0.25) is 5.02 Å². The highest BCUT2D eigenvalue weighted by Gasteiger charge is 2.32. The fourth-order valence-electron chi connectivity index (χ4n) is 3.86. The molecule has 0 aliphatic rings. The molecule has 7 N–H and O–H groups in total. The molecule has 0 saturated carbocycles. The van der Waals surface area contributed by atoms with Crippen molar-refractivity contribution >= 4 is 41.0 Å². The monoisotopic (exact) mass is 734 g/mol. The van der Waals surface area contributed by atoms with Crippen LogP contribution in [-0.4, -0.2) is 60.1 Å². The Morgan fingerprint density at radius 3 is 1.50 bits per heavy atom. The highest BCUT2D eigenvalue weighted by atomic mass is 35.5. The molecule has 0 fully saturated rings. The number of carboxylic acids is 2. The maximum absolute atomic E-state index is 12.8. The van der Waals surface area contributed by atoms with Gasteiger partial charge in [0, 0.05) is 48.0 Å². The van der Waals surface area contributed by atoms with Gasteiger partial charge in [-0.1, -0.05) is 11.6 Å². The molecule has 10 nitrogen and oxygen atoms in total. The van der Waals surface area contributed by atoms with E-state index in [0.717, 1.165) is 30.0 Å². The minimum Gasteiger partial charge on any atom is -0.481 e. The second-order valence-electron chi connectivity index (χ2n) is 10.5. The van der Waals surface area contributed by atoms with Gasteiger partial charge in [-0.2, -0.15) is 26.3 Å². The van der Waals surface area contributed by atoms with Crippen LogP contribution in [0.3, 0.4) is 0 Å². The quantitative estimate of drug-likeness (QED) is 0.0900. The number of nitrogens with two attached hydrogens (primary N) is 1. The van der Waals surface area contributed by atoms with Gasteiger partial charge in [0.15, 0.2) is 0 Å². The van der Waals surface area contributed by atoms with Crippen molar-refractivity contribution < 1.29 is 55.7 Å². The van der Waals surface area contributed by atoms with E-state index in [1.165, 1.54) is 26.0 Å². The van der Waals surface area contributed by atoms with Gasteiger partial charge in [-0.3, -0.25) is 19.2 Å². The van der Waals surface area contributed by atoms with Crippen molar-refractivity contribution in [2.75, 3.05) is 31.5 Å². The van der Waals surface area contributed by atoms with Crippen LogP contribution < -0.4 is 21.7 Å². The van der Waals surface area contributed by atoms with E-state index in [0.29, 0.717) is 35.7 Å². The van der Waals surface area contributed by atoms with Crippen LogP contribution in [0.15, 0.2) is 60.7 Å². The van der Waals surface area contributed by atoms with Crippen LogP contribution >= 0.6 is 11.6 Å². The number of nitrogens with one attached hydrogen (secondary N) is 3. The Kier molecular flexibility index (Phi) is 17.8. The average molecular weight is 735 g/mol. The predicted molar refractivity (Wildman–Crippen MR) is 175 cm³/mol. The van der Waals surface area contributed by atoms with Gasteiger partial charge in [0.2, 0.25) is 0 Å². The maximum Gasteiger partial charge on any atom is 0.416 e. The van der Waals surface area contributed by atoms with E-state index in [1.807, 2.05) is 12.1 Å². The molecule has 0 heterocycles. The number of hydrogen-bond acceptors (Lipinski definition) is 6. The minimum absolute atomic E-state index is 0.0120. The van der Waals surface area contributed by atoms with Gasteiger partial charge in [0.05, 0.1) is 24.0 Å². The summed E-state index contributed by atoms with van der Waals surface area (Å²) in [4.78, 5) is 43.4. The molecule has 3 aromatic carbocycles. The molecule has 3 aromatic rings. The minimum atomic E-state index is -4.53. The van der Waals surface area contributed by atoms with E-state index >= 15 is 0 Å². The number of halogens is 7. The molecule has 0 aromatic heterocycles. The summed E-state index contributed by atoms with van der Waals surface area (Å²) in [5.41, 5.74) is 4.60. The molecule has 0 unspecified atom stereocenters. The lowest BCUT2D eigenvalue weighted by Crippen LogP contribution is -2.26. The molecular weight excluding hydrogens is 698 g/mol. The van der Waals surface area contributed by atoms with Crippen LogP contribution in [0.25, 0.3) is 0 Å². The molecule has 0 bridgehead atoms. The van der Waals surface area contributed by atoms with E-state index < -0.39 is 47.2 Å². The summed E-state index contributed by atoms with van der Waals surface area (Å²) in [6.45, 7) is 4.04. The molecule has 0 saturated heterocycles. The van der Waals surface area contributed by atoms with Crippen molar-refractivity contribution in [1.82, 2.24) is 10.6 Å². The molecule has 274 valence electrons. The Labute approximate surface area is 289 Å². The zero-order valence-corrected chi connectivity index (χ0v) is 27.7. The number of carboxylic acid groups (broad SMARTS) is 2.